The highest BCUT2D eigenvalue weighted by molar-refractivity contribution is 6.34. The average molecular weight is 301 g/mol. The van der Waals surface area contributed by atoms with Gasteiger partial charge in [0.1, 0.15) is 11.0 Å². The van der Waals surface area contributed by atoms with E-state index >= 15 is 0 Å². The average Bonchev–Trinajstić information content (AvgIpc) is 2.47. The molecule has 106 valence electrons. The monoisotopic (exact) mass is 300 g/mol. The Bertz CT molecular complexity index is 798. The predicted molar refractivity (Wildman–Crippen MR) is 84.0 cm³/mol. The van der Waals surface area contributed by atoms with E-state index in [9.17, 15) is 4.39 Å². The molecule has 21 heavy (non-hydrogen) atoms. The second-order valence-corrected chi connectivity index (χ2v) is 5.61. The fourth-order valence-electron chi connectivity index (χ4n) is 2.24. The van der Waals surface area contributed by atoms with Crippen LogP contribution >= 0.6 is 11.6 Å². The van der Waals surface area contributed by atoms with E-state index in [0.29, 0.717) is 17.3 Å². The molecule has 2 nitrogen and oxygen atoms in total. The quantitative estimate of drug-likeness (QED) is 0.607. The van der Waals surface area contributed by atoms with E-state index < -0.39 is 5.82 Å². The fraction of sp³-hybridized carbons (Fsp3) is 0.176. The molecule has 0 amide bonds. The van der Waals surface area contributed by atoms with Gasteiger partial charge in [0.25, 0.3) is 0 Å². The second-order valence-electron chi connectivity index (χ2n) is 5.25. The van der Waals surface area contributed by atoms with E-state index in [1.54, 1.807) is 12.1 Å². The summed E-state index contributed by atoms with van der Waals surface area (Å²) >= 11 is 6.11. The molecule has 0 fully saturated rings. The molecule has 3 aromatic rings. The summed E-state index contributed by atoms with van der Waals surface area (Å²) in [6.45, 7) is 4.28. The van der Waals surface area contributed by atoms with Crippen LogP contribution in [0.5, 0.6) is 0 Å². The lowest BCUT2D eigenvalue weighted by atomic mass is 10.0. The summed E-state index contributed by atoms with van der Waals surface area (Å²) < 4.78 is 13.8. The van der Waals surface area contributed by atoms with Gasteiger partial charge in [-0.2, -0.15) is 0 Å². The standard InChI is InChI=1S/C17H14ClFN2/c1-10(2)11-6-8-12(9-7-11)17-20-14-5-3-4-13(19)15(14)16(18)21-17/h3-10H,1-2H3. The number of rotatable bonds is 2. The first-order valence-corrected chi connectivity index (χ1v) is 7.16. The first kappa shape index (κ1) is 14.0. The van der Waals surface area contributed by atoms with Crippen molar-refractivity contribution < 1.29 is 4.39 Å². The smallest absolute Gasteiger partial charge is 0.161 e. The van der Waals surface area contributed by atoms with Crippen LogP contribution < -0.4 is 0 Å². The third-order valence-corrected chi connectivity index (χ3v) is 3.74. The zero-order chi connectivity index (χ0) is 15.0. The van der Waals surface area contributed by atoms with Crippen molar-refractivity contribution in [2.24, 2.45) is 0 Å². The van der Waals surface area contributed by atoms with Crippen molar-refractivity contribution in [1.29, 1.82) is 0 Å². The van der Waals surface area contributed by atoms with Crippen molar-refractivity contribution in [3.05, 3.63) is 59.0 Å². The van der Waals surface area contributed by atoms with E-state index in [2.05, 4.69) is 23.8 Å². The van der Waals surface area contributed by atoms with Gasteiger partial charge in [-0.15, -0.1) is 0 Å². The van der Waals surface area contributed by atoms with E-state index in [0.717, 1.165) is 5.56 Å². The van der Waals surface area contributed by atoms with Gasteiger partial charge < -0.3 is 0 Å². The first-order chi connectivity index (χ1) is 10.1. The van der Waals surface area contributed by atoms with Gasteiger partial charge >= 0.3 is 0 Å². The number of halogens is 2. The molecule has 0 unspecified atom stereocenters. The lowest BCUT2D eigenvalue weighted by Crippen LogP contribution is -1.94. The second kappa shape index (κ2) is 5.41. The predicted octanol–water partition coefficient (Wildman–Crippen LogP) is 5.21. The van der Waals surface area contributed by atoms with Crippen molar-refractivity contribution in [2.75, 3.05) is 0 Å². The molecule has 0 N–H and O–H groups in total. The molecule has 0 atom stereocenters. The van der Waals surface area contributed by atoms with Crippen LogP contribution in [0, 0.1) is 5.82 Å². The van der Waals surface area contributed by atoms with Crippen molar-refractivity contribution in [3.8, 4) is 11.4 Å². The van der Waals surface area contributed by atoms with E-state index in [1.807, 2.05) is 24.3 Å². The summed E-state index contributed by atoms with van der Waals surface area (Å²) in [5.41, 5.74) is 2.63. The molecule has 0 aliphatic rings. The number of fused-ring (bicyclic) bond motifs is 1. The molecular formula is C17H14ClFN2. The Kier molecular flexibility index (Phi) is 3.60. The molecule has 0 radical (unpaired) electrons. The van der Waals surface area contributed by atoms with Crippen LogP contribution in [0.2, 0.25) is 5.15 Å². The third kappa shape index (κ3) is 2.61. The lowest BCUT2D eigenvalue weighted by Gasteiger charge is -2.08. The van der Waals surface area contributed by atoms with Gasteiger partial charge in [0, 0.05) is 5.56 Å². The Morgan fingerprint density at radius 1 is 1.00 bits per heavy atom. The summed E-state index contributed by atoms with van der Waals surface area (Å²) in [6.07, 6.45) is 0. The maximum atomic E-state index is 13.8. The third-order valence-electron chi connectivity index (χ3n) is 3.46. The summed E-state index contributed by atoms with van der Waals surface area (Å²) in [5.74, 6) is 0.571. The molecule has 3 rings (SSSR count). The molecule has 4 heteroatoms. The number of hydrogen-bond donors (Lipinski definition) is 0. The topological polar surface area (TPSA) is 25.8 Å². The Hall–Kier alpha value is -2.00. The minimum Gasteiger partial charge on any atom is -0.228 e. The minimum absolute atomic E-state index is 0.140. The highest BCUT2D eigenvalue weighted by Gasteiger charge is 2.11. The van der Waals surface area contributed by atoms with Crippen LogP contribution in [0.4, 0.5) is 4.39 Å². The summed E-state index contributed by atoms with van der Waals surface area (Å²) in [7, 11) is 0. The molecule has 1 heterocycles. The van der Waals surface area contributed by atoms with Gasteiger partial charge in [0.15, 0.2) is 5.82 Å². The Balaban J connectivity index is 2.13. The van der Waals surface area contributed by atoms with Gasteiger partial charge in [-0.25, -0.2) is 14.4 Å². The molecule has 2 aromatic carbocycles. The normalized spacial score (nSPS) is 11.3. The zero-order valence-corrected chi connectivity index (χ0v) is 12.5. The van der Waals surface area contributed by atoms with Crippen LogP contribution in [0.1, 0.15) is 25.3 Å². The van der Waals surface area contributed by atoms with Crippen LogP contribution in [0.25, 0.3) is 22.3 Å². The Morgan fingerprint density at radius 2 is 1.71 bits per heavy atom. The summed E-state index contributed by atoms with van der Waals surface area (Å²) in [4.78, 5) is 8.63. The lowest BCUT2D eigenvalue weighted by molar-refractivity contribution is 0.639. The highest BCUT2D eigenvalue weighted by Crippen LogP contribution is 2.27. The maximum Gasteiger partial charge on any atom is 0.161 e. The zero-order valence-electron chi connectivity index (χ0n) is 11.8. The first-order valence-electron chi connectivity index (χ1n) is 6.78. The summed E-state index contributed by atoms with van der Waals surface area (Å²) in [5, 5.41) is 0.405. The molecule has 0 saturated heterocycles. The van der Waals surface area contributed by atoms with Gasteiger partial charge in [0.05, 0.1) is 10.9 Å². The SMILES string of the molecule is CC(C)c1ccc(-c2nc(Cl)c3c(F)cccc3n2)cc1. The number of benzene rings is 2. The van der Waals surface area contributed by atoms with Crippen molar-refractivity contribution in [2.45, 2.75) is 19.8 Å². The minimum atomic E-state index is -0.404. The van der Waals surface area contributed by atoms with Gasteiger partial charge in [-0.05, 0) is 23.6 Å². The number of nitrogens with zero attached hydrogens (tertiary/aromatic N) is 2. The highest BCUT2D eigenvalue weighted by atomic mass is 35.5. The molecule has 0 aliphatic carbocycles. The van der Waals surface area contributed by atoms with Crippen molar-refractivity contribution >= 4 is 22.5 Å². The molecule has 1 aromatic heterocycles. The van der Waals surface area contributed by atoms with E-state index in [4.69, 9.17) is 11.6 Å². The molecular weight excluding hydrogens is 287 g/mol. The largest absolute Gasteiger partial charge is 0.228 e. The van der Waals surface area contributed by atoms with Gasteiger partial charge in [0.2, 0.25) is 0 Å². The Labute approximate surface area is 127 Å². The molecule has 0 bridgehead atoms. The van der Waals surface area contributed by atoms with E-state index in [1.165, 1.54) is 11.6 Å². The molecule has 0 aliphatic heterocycles. The fourth-order valence-corrected chi connectivity index (χ4v) is 2.51. The van der Waals surface area contributed by atoms with Gasteiger partial charge in [-0.1, -0.05) is 55.8 Å². The Morgan fingerprint density at radius 3 is 2.38 bits per heavy atom. The maximum absolute atomic E-state index is 13.8. The van der Waals surface area contributed by atoms with Gasteiger partial charge in [-0.3, -0.25) is 0 Å². The van der Waals surface area contributed by atoms with Crippen LogP contribution in [-0.2, 0) is 0 Å². The molecule has 0 spiro atoms. The summed E-state index contributed by atoms with van der Waals surface area (Å²) in [6, 6.07) is 12.7. The van der Waals surface area contributed by atoms with E-state index in [-0.39, 0.29) is 10.5 Å². The number of hydrogen-bond acceptors (Lipinski definition) is 2. The molecule has 0 saturated carbocycles. The van der Waals surface area contributed by atoms with Crippen molar-refractivity contribution in [1.82, 2.24) is 9.97 Å². The van der Waals surface area contributed by atoms with Crippen molar-refractivity contribution in [3.63, 3.8) is 0 Å². The van der Waals surface area contributed by atoms with Crippen LogP contribution in [-0.4, -0.2) is 9.97 Å². The van der Waals surface area contributed by atoms with Crippen LogP contribution in [0.15, 0.2) is 42.5 Å². The van der Waals surface area contributed by atoms with Crippen LogP contribution in [0.3, 0.4) is 0 Å². The number of aromatic nitrogens is 2.